The maximum absolute atomic E-state index is 11.1. The van der Waals surface area contributed by atoms with Gasteiger partial charge in [0.25, 0.3) is 0 Å². The van der Waals surface area contributed by atoms with Crippen LogP contribution >= 0.6 is 0 Å². The fourth-order valence-electron chi connectivity index (χ4n) is 3.68. The Bertz CT molecular complexity index is 258. The van der Waals surface area contributed by atoms with E-state index in [0.29, 0.717) is 5.92 Å². The molecule has 0 spiro atoms. The Labute approximate surface area is 106 Å². The lowest BCUT2D eigenvalue weighted by atomic mass is 9.66. The van der Waals surface area contributed by atoms with Gasteiger partial charge in [-0.3, -0.25) is 4.79 Å². The van der Waals surface area contributed by atoms with Crippen molar-refractivity contribution in [3.8, 4) is 0 Å². The first-order valence-electron chi connectivity index (χ1n) is 6.91. The Morgan fingerprint density at radius 2 is 1.65 bits per heavy atom. The van der Waals surface area contributed by atoms with Crippen molar-refractivity contribution in [2.45, 2.75) is 66.4 Å². The Morgan fingerprint density at radius 1 is 1.18 bits per heavy atom. The van der Waals surface area contributed by atoms with Gasteiger partial charge in [0.2, 0.25) is 0 Å². The second-order valence-electron chi connectivity index (χ2n) is 6.75. The highest BCUT2D eigenvalue weighted by molar-refractivity contribution is 5.66. The summed E-state index contributed by atoms with van der Waals surface area (Å²) in [6.45, 7) is 12.6. The van der Waals surface area contributed by atoms with Crippen molar-refractivity contribution in [2.75, 3.05) is 0 Å². The van der Waals surface area contributed by atoms with Crippen molar-refractivity contribution in [1.29, 1.82) is 0 Å². The van der Waals surface area contributed by atoms with Crippen molar-refractivity contribution in [2.24, 2.45) is 23.7 Å². The van der Waals surface area contributed by atoms with Crippen LogP contribution in [0.1, 0.15) is 60.8 Å². The molecule has 1 fully saturated rings. The maximum Gasteiger partial charge on any atom is 0.303 e. The van der Waals surface area contributed by atoms with Crippen molar-refractivity contribution in [3.63, 3.8) is 0 Å². The number of carbonyl (C=O) groups excluding carboxylic acids is 1. The lowest BCUT2D eigenvalue weighted by Crippen LogP contribution is -2.37. The third kappa shape index (κ3) is 4.33. The number of hydrogen-bond donors (Lipinski definition) is 0. The fourth-order valence-corrected chi connectivity index (χ4v) is 3.68. The van der Waals surface area contributed by atoms with E-state index in [2.05, 4.69) is 20.8 Å². The highest BCUT2D eigenvalue weighted by atomic mass is 16.6. The van der Waals surface area contributed by atoms with E-state index in [0.717, 1.165) is 24.2 Å². The summed E-state index contributed by atoms with van der Waals surface area (Å²) in [5.74, 6) is 2.83. The zero-order valence-corrected chi connectivity index (χ0v) is 12.2. The summed E-state index contributed by atoms with van der Waals surface area (Å²) in [6.07, 6.45) is 3.61. The van der Waals surface area contributed by atoms with E-state index < -0.39 is 0 Å². The van der Waals surface area contributed by atoms with Crippen LogP contribution in [0.2, 0.25) is 0 Å². The Balaban J connectivity index is 2.63. The zero-order chi connectivity index (χ0) is 13.2. The van der Waals surface area contributed by atoms with Gasteiger partial charge in [-0.2, -0.15) is 0 Å². The second kappa shape index (κ2) is 5.41. The van der Waals surface area contributed by atoms with E-state index in [1.807, 2.05) is 13.8 Å². The third-order valence-corrected chi connectivity index (χ3v) is 4.16. The minimum absolute atomic E-state index is 0.167. The summed E-state index contributed by atoms with van der Waals surface area (Å²) in [6, 6.07) is 0. The number of carbonyl (C=O) groups is 1. The number of rotatable bonds is 3. The van der Waals surface area contributed by atoms with Gasteiger partial charge in [-0.1, -0.05) is 20.8 Å². The number of esters is 1. The van der Waals surface area contributed by atoms with Crippen LogP contribution in [0, 0.1) is 23.7 Å². The van der Waals surface area contributed by atoms with Gasteiger partial charge >= 0.3 is 5.97 Å². The molecule has 0 aliphatic heterocycles. The maximum atomic E-state index is 11.1. The predicted molar refractivity (Wildman–Crippen MR) is 70.7 cm³/mol. The Kier molecular flexibility index (Phi) is 4.62. The van der Waals surface area contributed by atoms with E-state index in [9.17, 15) is 4.79 Å². The van der Waals surface area contributed by atoms with E-state index in [1.54, 1.807) is 0 Å². The molecule has 0 radical (unpaired) electrons. The molecule has 2 heteroatoms. The largest absolute Gasteiger partial charge is 0.460 e. The molecular formula is C15H28O2. The smallest absolute Gasteiger partial charge is 0.303 e. The van der Waals surface area contributed by atoms with Gasteiger partial charge < -0.3 is 4.74 Å². The molecule has 0 saturated heterocycles. The van der Waals surface area contributed by atoms with Crippen LogP contribution in [-0.2, 0) is 9.53 Å². The molecule has 2 unspecified atom stereocenters. The van der Waals surface area contributed by atoms with Crippen LogP contribution in [-0.4, -0.2) is 11.6 Å². The minimum Gasteiger partial charge on any atom is -0.460 e. The van der Waals surface area contributed by atoms with Crippen LogP contribution in [0.4, 0.5) is 0 Å². The first-order chi connectivity index (χ1) is 7.71. The molecular weight excluding hydrogens is 212 g/mol. The molecule has 0 N–H and O–H groups in total. The molecule has 1 rings (SSSR count). The SMILES string of the molecule is CC(=O)OC(C)(C)CC1C(C)CC(C)CC1C. The first-order valence-corrected chi connectivity index (χ1v) is 6.91. The van der Waals surface area contributed by atoms with E-state index in [1.165, 1.54) is 19.8 Å². The van der Waals surface area contributed by atoms with Crippen molar-refractivity contribution < 1.29 is 9.53 Å². The molecule has 0 aromatic heterocycles. The van der Waals surface area contributed by atoms with Crippen molar-refractivity contribution >= 4 is 5.97 Å². The van der Waals surface area contributed by atoms with E-state index >= 15 is 0 Å². The van der Waals surface area contributed by atoms with Gasteiger partial charge in [-0.15, -0.1) is 0 Å². The lowest BCUT2D eigenvalue weighted by Gasteiger charge is -2.41. The van der Waals surface area contributed by atoms with E-state index in [-0.39, 0.29) is 11.6 Å². The quantitative estimate of drug-likeness (QED) is 0.696. The van der Waals surface area contributed by atoms with Crippen LogP contribution < -0.4 is 0 Å². The molecule has 2 atom stereocenters. The van der Waals surface area contributed by atoms with E-state index in [4.69, 9.17) is 4.74 Å². The number of hydrogen-bond acceptors (Lipinski definition) is 2. The molecule has 0 aromatic carbocycles. The Morgan fingerprint density at radius 3 is 2.06 bits per heavy atom. The average Bonchev–Trinajstić information content (AvgIpc) is 2.09. The Hall–Kier alpha value is -0.530. The van der Waals surface area contributed by atoms with Gasteiger partial charge in [-0.25, -0.2) is 0 Å². The van der Waals surface area contributed by atoms with Crippen molar-refractivity contribution in [1.82, 2.24) is 0 Å². The molecule has 1 aliphatic carbocycles. The van der Waals surface area contributed by atoms with Gasteiger partial charge in [0.05, 0.1) is 0 Å². The van der Waals surface area contributed by atoms with Crippen LogP contribution in [0.15, 0.2) is 0 Å². The summed E-state index contributed by atoms with van der Waals surface area (Å²) in [5, 5.41) is 0. The average molecular weight is 240 g/mol. The van der Waals surface area contributed by atoms with Gasteiger partial charge in [-0.05, 0) is 56.8 Å². The molecule has 0 heterocycles. The summed E-state index contributed by atoms with van der Waals surface area (Å²) < 4.78 is 5.43. The van der Waals surface area contributed by atoms with Crippen molar-refractivity contribution in [3.05, 3.63) is 0 Å². The highest BCUT2D eigenvalue weighted by Crippen LogP contribution is 2.42. The molecule has 17 heavy (non-hydrogen) atoms. The molecule has 0 amide bonds. The van der Waals surface area contributed by atoms with Crippen LogP contribution in [0.3, 0.4) is 0 Å². The molecule has 2 nitrogen and oxygen atoms in total. The summed E-state index contributed by atoms with van der Waals surface area (Å²) in [5.41, 5.74) is -0.320. The third-order valence-electron chi connectivity index (χ3n) is 4.16. The van der Waals surface area contributed by atoms with Crippen LogP contribution in [0.5, 0.6) is 0 Å². The first kappa shape index (κ1) is 14.5. The highest BCUT2D eigenvalue weighted by Gasteiger charge is 2.36. The molecule has 1 aliphatic rings. The summed E-state index contributed by atoms with van der Waals surface area (Å²) in [4.78, 5) is 11.1. The predicted octanol–water partition coefficient (Wildman–Crippen LogP) is 4.04. The summed E-state index contributed by atoms with van der Waals surface area (Å²) in [7, 11) is 0. The standard InChI is InChI=1S/C15H28O2/c1-10-7-11(2)14(12(3)8-10)9-15(5,6)17-13(4)16/h10-12,14H,7-9H2,1-6H3. The fraction of sp³-hybridized carbons (Fsp3) is 0.933. The topological polar surface area (TPSA) is 26.3 Å². The minimum atomic E-state index is -0.320. The second-order valence-corrected chi connectivity index (χ2v) is 6.75. The van der Waals surface area contributed by atoms with Gasteiger partial charge in [0.1, 0.15) is 5.60 Å². The molecule has 1 saturated carbocycles. The summed E-state index contributed by atoms with van der Waals surface area (Å²) >= 11 is 0. The van der Waals surface area contributed by atoms with Gasteiger partial charge in [0, 0.05) is 6.92 Å². The molecule has 0 aromatic rings. The molecule has 0 bridgehead atoms. The van der Waals surface area contributed by atoms with Crippen LogP contribution in [0.25, 0.3) is 0 Å². The monoisotopic (exact) mass is 240 g/mol. The normalized spacial score (nSPS) is 34.5. The lowest BCUT2D eigenvalue weighted by molar-refractivity contribution is -0.156. The molecule has 100 valence electrons. The number of ether oxygens (including phenoxy) is 1. The zero-order valence-electron chi connectivity index (χ0n) is 12.2. The van der Waals surface area contributed by atoms with Gasteiger partial charge in [0.15, 0.2) is 0 Å².